The van der Waals surface area contributed by atoms with Crippen molar-refractivity contribution in [3.63, 3.8) is 0 Å². The Morgan fingerprint density at radius 1 is 0.240 bits per heavy atom. The molecule has 16 aromatic rings. The summed E-state index contributed by atoms with van der Waals surface area (Å²) in [6.07, 6.45) is 0. The van der Waals surface area contributed by atoms with Gasteiger partial charge in [0.2, 0.25) is 0 Å². The first-order chi connectivity index (χ1) is 47.7. The van der Waals surface area contributed by atoms with Crippen LogP contribution in [0.5, 0.6) is 0 Å². The van der Waals surface area contributed by atoms with Crippen LogP contribution in [-0.2, 0) is 10.8 Å². The minimum absolute atomic E-state index is 0.219. The van der Waals surface area contributed by atoms with E-state index < -0.39 is 10.8 Å². The highest BCUT2D eigenvalue weighted by Crippen LogP contribution is 2.67. The molecule has 442 valence electrons. The SMILES string of the molecule is c1ccc(-c2ccc(N3c4ccc(-c5ccccc5)cc4B4c5ccc6c(c5N(c5ccc7c(c5)C5(c8ccccc8-c8ccccc85)c5ccccc5-7)c5cc(-n7c8ccccc8c8ccccc87)cc3c54)C3(c4ccccc4-c4ccccc43)c3ccccc3-6)cc2)cc1. The Morgan fingerprint density at radius 2 is 0.646 bits per heavy atom. The highest BCUT2D eigenvalue weighted by Gasteiger charge is 2.57. The largest absolute Gasteiger partial charge is 0.311 e. The summed E-state index contributed by atoms with van der Waals surface area (Å²) >= 11 is 0. The van der Waals surface area contributed by atoms with Crippen molar-refractivity contribution in [2.45, 2.75) is 10.8 Å². The fourth-order valence-corrected chi connectivity index (χ4v) is 19.0. The van der Waals surface area contributed by atoms with Crippen LogP contribution in [0.3, 0.4) is 0 Å². The molecule has 0 saturated carbocycles. The Labute approximate surface area is 557 Å². The van der Waals surface area contributed by atoms with Crippen LogP contribution in [0.25, 0.3) is 94.3 Å². The molecule has 4 heteroatoms. The van der Waals surface area contributed by atoms with Crippen LogP contribution < -0.4 is 26.2 Å². The Kier molecular flexibility index (Phi) is 10.5. The van der Waals surface area contributed by atoms with Crippen molar-refractivity contribution in [2.24, 2.45) is 0 Å². The summed E-state index contributed by atoms with van der Waals surface area (Å²) in [6.45, 7) is -0.219. The molecule has 6 aliphatic rings. The third-order valence-corrected chi connectivity index (χ3v) is 22.6. The quantitative estimate of drug-likeness (QED) is 0.159. The fourth-order valence-electron chi connectivity index (χ4n) is 19.0. The van der Waals surface area contributed by atoms with Gasteiger partial charge in [-0.05, 0) is 177 Å². The number of nitrogens with zero attached hydrogens (tertiary/aromatic N) is 3. The van der Waals surface area contributed by atoms with Crippen LogP contribution in [0.2, 0.25) is 0 Å². The Bertz CT molecular complexity index is 5880. The maximum atomic E-state index is 2.78. The standard InChI is InChI=1S/C92H56BN3/c1-3-23-57(24-4-1)59-43-46-61(47-44-59)94-85-52-45-60(58-25-5-2-6-26-58)53-82(85)93-81-51-50-73-69-32-12-20-40-79(69)92(77-38-18-10-29-66(77)67-30-11-19-39-78(67)92)88(73)90(81)96(87-56-63(55-86(94)89(87)93)95-83-41-21-13-33-71(83)72-34-14-22-42-84(72)95)62-48-49-70-68-31-9-17-37-76(68)91(80(70)54-62)74-35-15-7-27-64(74)65-28-8-16-36-75(65)91/h1-56H. The Hall–Kier alpha value is -12.2. The number of anilines is 6. The number of fused-ring (bicyclic) bond motifs is 28. The first-order valence-electron chi connectivity index (χ1n) is 33.7. The van der Waals surface area contributed by atoms with E-state index in [1.165, 1.54) is 144 Å². The monoisotopic (exact) mass is 1210 g/mol. The van der Waals surface area contributed by atoms with Crippen molar-refractivity contribution < 1.29 is 0 Å². The van der Waals surface area contributed by atoms with E-state index >= 15 is 0 Å². The van der Waals surface area contributed by atoms with Crippen molar-refractivity contribution in [3.8, 4) is 72.4 Å². The molecule has 3 nitrogen and oxygen atoms in total. The van der Waals surface area contributed by atoms with Crippen LogP contribution in [0, 0.1) is 0 Å². The van der Waals surface area contributed by atoms with Gasteiger partial charge in [-0.15, -0.1) is 0 Å². The number of aromatic nitrogens is 1. The summed E-state index contributed by atoms with van der Waals surface area (Å²) in [5.74, 6) is 0. The second-order valence-corrected chi connectivity index (χ2v) is 26.9. The minimum atomic E-state index is -0.694. The molecule has 15 aromatic carbocycles. The molecule has 22 rings (SSSR count). The summed E-state index contributed by atoms with van der Waals surface area (Å²) in [4.78, 5) is 5.38. The maximum absolute atomic E-state index is 2.78. The molecule has 0 saturated heterocycles. The number of hydrogen-bond acceptors (Lipinski definition) is 2. The van der Waals surface area contributed by atoms with E-state index in [9.17, 15) is 0 Å². The third kappa shape index (κ3) is 6.58. The van der Waals surface area contributed by atoms with E-state index in [0.29, 0.717) is 0 Å². The van der Waals surface area contributed by atoms with Crippen LogP contribution in [-0.4, -0.2) is 11.3 Å². The molecule has 4 aliphatic carbocycles. The maximum Gasteiger partial charge on any atom is 0.252 e. The summed E-state index contributed by atoms with van der Waals surface area (Å²) in [6, 6.07) is 130. The lowest BCUT2D eigenvalue weighted by Crippen LogP contribution is -2.62. The summed E-state index contributed by atoms with van der Waals surface area (Å²) in [5, 5.41) is 2.45. The first-order valence-corrected chi connectivity index (χ1v) is 33.7. The molecule has 0 radical (unpaired) electrons. The molecule has 0 unspecified atom stereocenters. The molecule has 0 N–H and O–H groups in total. The summed E-state index contributed by atoms with van der Waals surface area (Å²) in [7, 11) is 0. The van der Waals surface area contributed by atoms with Crippen LogP contribution in [0.4, 0.5) is 34.1 Å². The minimum Gasteiger partial charge on any atom is -0.311 e. The molecule has 0 atom stereocenters. The van der Waals surface area contributed by atoms with E-state index in [1.807, 2.05) is 0 Å². The number of hydrogen-bond donors (Lipinski definition) is 0. The molecular formula is C92H56BN3. The topological polar surface area (TPSA) is 11.4 Å². The summed E-state index contributed by atoms with van der Waals surface area (Å²) in [5.41, 5.74) is 38.4. The van der Waals surface area contributed by atoms with Crippen LogP contribution >= 0.6 is 0 Å². The van der Waals surface area contributed by atoms with Crippen molar-refractivity contribution in [3.05, 3.63) is 384 Å². The van der Waals surface area contributed by atoms with Gasteiger partial charge in [0.05, 0.1) is 27.6 Å². The van der Waals surface area contributed by atoms with Crippen molar-refractivity contribution in [1.29, 1.82) is 0 Å². The lowest BCUT2D eigenvalue weighted by molar-refractivity contribution is 0.790. The van der Waals surface area contributed by atoms with Crippen LogP contribution in [0.1, 0.15) is 44.5 Å². The molecule has 2 spiro atoms. The molecule has 1 aromatic heterocycles. The predicted octanol–water partition coefficient (Wildman–Crippen LogP) is 20.9. The van der Waals surface area contributed by atoms with E-state index in [0.717, 1.165) is 45.2 Å². The molecule has 0 amide bonds. The smallest absolute Gasteiger partial charge is 0.252 e. The number of para-hydroxylation sites is 2. The third-order valence-electron chi connectivity index (χ3n) is 22.6. The highest BCUT2D eigenvalue weighted by molar-refractivity contribution is 7.00. The average Bonchev–Trinajstić information content (AvgIpc) is 1.44. The first kappa shape index (κ1) is 52.3. The van der Waals surface area contributed by atoms with Gasteiger partial charge in [-0.3, -0.25) is 0 Å². The van der Waals surface area contributed by atoms with Gasteiger partial charge < -0.3 is 14.4 Å². The second-order valence-electron chi connectivity index (χ2n) is 26.9. The van der Waals surface area contributed by atoms with Gasteiger partial charge in [0.1, 0.15) is 0 Å². The van der Waals surface area contributed by atoms with E-state index in [-0.39, 0.29) is 6.71 Å². The Balaban J connectivity index is 0.921. The lowest BCUT2D eigenvalue weighted by atomic mass is 9.33. The van der Waals surface area contributed by atoms with Crippen LogP contribution in [0.15, 0.2) is 340 Å². The molecule has 0 bridgehead atoms. The zero-order chi connectivity index (χ0) is 62.5. The van der Waals surface area contributed by atoms with Gasteiger partial charge in [-0.1, -0.05) is 285 Å². The number of rotatable bonds is 5. The van der Waals surface area contributed by atoms with Gasteiger partial charge in [-0.2, -0.15) is 0 Å². The Morgan fingerprint density at radius 3 is 1.19 bits per heavy atom. The normalized spacial score (nSPS) is 14.4. The van der Waals surface area contributed by atoms with Gasteiger partial charge >= 0.3 is 0 Å². The zero-order valence-corrected chi connectivity index (χ0v) is 52.3. The molecular weight excluding hydrogens is 1160 g/mol. The van der Waals surface area contributed by atoms with Gasteiger partial charge in [-0.25, -0.2) is 0 Å². The number of benzene rings is 15. The summed E-state index contributed by atoms with van der Waals surface area (Å²) < 4.78 is 2.55. The second kappa shape index (κ2) is 19.2. The van der Waals surface area contributed by atoms with Gasteiger partial charge in [0, 0.05) is 50.5 Å². The molecule has 2 aliphatic heterocycles. The van der Waals surface area contributed by atoms with Crippen molar-refractivity contribution in [2.75, 3.05) is 9.80 Å². The van der Waals surface area contributed by atoms with Crippen molar-refractivity contribution >= 4 is 79.0 Å². The average molecular weight is 1210 g/mol. The van der Waals surface area contributed by atoms with E-state index in [4.69, 9.17) is 0 Å². The van der Waals surface area contributed by atoms with Crippen molar-refractivity contribution in [1.82, 2.24) is 4.57 Å². The highest BCUT2D eigenvalue weighted by atomic mass is 15.2. The molecule has 3 heterocycles. The van der Waals surface area contributed by atoms with E-state index in [1.54, 1.807) is 0 Å². The predicted molar refractivity (Wildman–Crippen MR) is 398 cm³/mol. The van der Waals surface area contributed by atoms with E-state index in [2.05, 4.69) is 354 Å². The zero-order valence-electron chi connectivity index (χ0n) is 52.3. The molecule has 0 fully saturated rings. The fraction of sp³-hybridized carbons (Fsp3) is 0.0217. The van der Waals surface area contributed by atoms with Gasteiger partial charge in [0.15, 0.2) is 0 Å². The lowest BCUT2D eigenvalue weighted by Gasteiger charge is -2.46. The molecule has 96 heavy (non-hydrogen) atoms. The van der Waals surface area contributed by atoms with Gasteiger partial charge in [0.25, 0.3) is 6.71 Å².